The maximum absolute atomic E-state index is 12.8. The quantitative estimate of drug-likeness (QED) is 0.250. The smallest absolute Gasteiger partial charge is 0.303 e. The molecule has 2 heterocycles. The Hall–Kier alpha value is -4.78. The van der Waals surface area contributed by atoms with Crippen molar-refractivity contribution in [3.63, 3.8) is 0 Å². The second-order valence-electron chi connectivity index (χ2n) is 9.48. The predicted octanol–water partition coefficient (Wildman–Crippen LogP) is 5.97. The molecule has 0 bridgehead atoms. The summed E-state index contributed by atoms with van der Waals surface area (Å²) in [6, 6.07) is 26.6. The Bertz CT molecular complexity index is 1510. The fraction of sp³-hybridized carbons (Fsp3) is 0.188. The molecule has 0 spiro atoms. The van der Waals surface area contributed by atoms with Crippen LogP contribution >= 0.6 is 0 Å². The van der Waals surface area contributed by atoms with Crippen LogP contribution in [0.5, 0.6) is 5.75 Å². The van der Waals surface area contributed by atoms with Gasteiger partial charge in [0.15, 0.2) is 5.78 Å². The maximum atomic E-state index is 12.8. The van der Waals surface area contributed by atoms with Crippen molar-refractivity contribution >= 4 is 23.5 Å². The van der Waals surface area contributed by atoms with Crippen molar-refractivity contribution in [2.75, 3.05) is 11.9 Å². The van der Waals surface area contributed by atoms with Crippen LogP contribution in [0.1, 0.15) is 40.7 Å². The standard InChI is InChI=1S/C32H28N2O5/c35-28(24-11-13-29-25(18-24)16-17-39-29)12-14-31(36)34-30-20-26(19-27(33-30)23-4-2-1-3-5-23)22-9-6-21(7-10-22)8-15-32(37)38/h1-7,9-11,13,18-20H,8,12,14-17H2,(H,37,38)(H,33,34,36). The van der Waals surface area contributed by atoms with Gasteiger partial charge in [-0.25, -0.2) is 4.98 Å². The van der Waals surface area contributed by atoms with Crippen LogP contribution in [-0.2, 0) is 22.4 Å². The number of amides is 1. The number of ketones is 1. The van der Waals surface area contributed by atoms with E-state index in [4.69, 9.17) is 9.84 Å². The third-order valence-corrected chi connectivity index (χ3v) is 6.67. The minimum atomic E-state index is -0.829. The first-order chi connectivity index (χ1) is 18.9. The first kappa shape index (κ1) is 25.9. The molecular weight excluding hydrogens is 492 g/mol. The van der Waals surface area contributed by atoms with E-state index in [9.17, 15) is 14.4 Å². The number of carbonyl (C=O) groups is 3. The van der Waals surface area contributed by atoms with E-state index in [2.05, 4.69) is 10.3 Å². The minimum absolute atomic E-state index is 0.0390. The van der Waals surface area contributed by atoms with Gasteiger partial charge in [-0.1, -0.05) is 54.6 Å². The first-order valence-corrected chi connectivity index (χ1v) is 12.9. The molecule has 39 heavy (non-hydrogen) atoms. The van der Waals surface area contributed by atoms with E-state index in [1.54, 1.807) is 12.1 Å². The van der Waals surface area contributed by atoms with Crippen molar-refractivity contribution in [2.45, 2.75) is 32.1 Å². The highest BCUT2D eigenvalue weighted by molar-refractivity contribution is 6.00. The van der Waals surface area contributed by atoms with Crippen molar-refractivity contribution < 1.29 is 24.2 Å². The van der Waals surface area contributed by atoms with Crippen molar-refractivity contribution in [1.29, 1.82) is 0 Å². The number of anilines is 1. The number of aryl methyl sites for hydroxylation is 1. The Balaban J connectivity index is 1.31. The summed E-state index contributed by atoms with van der Waals surface area (Å²) in [6.07, 6.45) is 1.45. The molecule has 0 radical (unpaired) electrons. The van der Waals surface area contributed by atoms with Gasteiger partial charge >= 0.3 is 5.97 Å². The lowest BCUT2D eigenvalue weighted by Crippen LogP contribution is -2.14. The zero-order valence-electron chi connectivity index (χ0n) is 21.4. The van der Waals surface area contributed by atoms with E-state index in [0.29, 0.717) is 30.1 Å². The van der Waals surface area contributed by atoms with E-state index in [0.717, 1.165) is 40.0 Å². The van der Waals surface area contributed by atoms with E-state index >= 15 is 0 Å². The zero-order chi connectivity index (χ0) is 27.2. The van der Waals surface area contributed by atoms with Crippen LogP contribution in [0.25, 0.3) is 22.4 Å². The fourth-order valence-corrected chi connectivity index (χ4v) is 4.57. The van der Waals surface area contributed by atoms with Crippen molar-refractivity contribution in [1.82, 2.24) is 4.98 Å². The van der Waals surface area contributed by atoms with Crippen LogP contribution in [0, 0.1) is 0 Å². The molecule has 1 aliphatic heterocycles. The average Bonchev–Trinajstić information content (AvgIpc) is 3.43. The molecule has 5 rings (SSSR count). The Morgan fingerprint density at radius 1 is 0.821 bits per heavy atom. The highest BCUT2D eigenvalue weighted by Gasteiger charge is 2.16. The van der Waals surface area contributed by atoms with Crippen LogP contribution in [0.15, 0.2) is 84.9 Å². The van der Waals surface area contributed by atoms with Gasteiger partial charge in [-0.3, -0.25) is 14.4 Å². The number of fused-ring (bicyclic) bond motifs is 1. The highest BCUT2D eigenvalue weighted by Crippen LogP contribution is 2.29. The first-order valence-electron chi connectivity index (χ1n) is 12.9. The summed E-state index contributed by atoms with van der Waals surface area (Å²) >= 11 is 0. The number of Topliss-reactive ketones (excluding diaryl/α,β-unsaturated/α-hetero) is 1. The molecule has 0 saturated carbocycles. The van der Waals surface area contributed by atoms with Crippen molar-refractivity contribution in [3.8, 4) is 28.1 Å². The van der Waals surface area contributed by atoms with Crippen LogP contribution < -0.4 is 10.1 Å². The lowest BCUT2D eigenvalue weighted by molar-refractivity contribution is -0.137. The summed E-state index contributed by atoms with van der Waals surface area (Å²) in [7, 11) is 0. The number of carboxylic acids is 1. The average molecular weight is 521 g/mol. The fourth-order valence-electron chi connectivity index (χ4n) is 4.57. The number of pyridine rings is 1. The van der Waals surface area contributed by atoms with Gasteiger partial charge in [0.1, 0.15) is 11.6 Å². The molecule has 1 amide bonds. The Morgan fingerprint density at radius 2 is 1.62 bits per heavy atom. The molecule has 1 aliphatic rings. The van der Waals surface area contributed by atoms with Crippen LogP contribution in [0.2, 0.25) is 0 Å². The number of hydrogen-bond donors (Lipinski definition) is 2. The number of hydrogen-bond acceptors (Lipinski definition) is 5. The van der Waals surface area contributed by atoms with Gasteiger partial charge < -0.3 is 15.2 Å². The van der Waals surface area contributed by atoms with Gasteiger partial charge in [0.25, 0.3) is 0 Å². The number of carboxylic acid groups (broad SMARTS) is 1. The monoisotopic (exact) mass is 520 g/mol. The molecule has 0 aliphatic carbocycles. The van der Waals surface area contributed by atoms with E-state index in [-0.39, 0.29) is 31.0 Å². The second kappa shape index (κ2) is 11.7. The molecule has 7 heteroatoms. The predicted molar refractivity (Wildman–Crippen MR) is 149 cm³/mol. The molecule has 1 aromatic heterocycles. The largest absolute Gasteiger partial charge is 0.493 e. The van der Waals surface area contributed by atoms with Gasteiger partial charge in [0, 0.05) is 36.8 Å². The molecule has 7 nitrogen and oxygen atoms in total. The number of ether oxygens (including phenoxy) is 1. The summed E-state index contributed by atoms with van der Waals surface area (Å²) in [6.45, 7) is 0.626. The Kier molecular flexibility index (Phi) is 7.78. The number of nitrogens with one attached hydrogen (secondary N) is 1. The van der Waals surface area contributed by atoms with Crippen LogP contribution in [0.4, 0.5) is 5.82 Å². The van der Waals surface area contributed by atoms with E-state index in [1.807, 2.05) is 72.8 Å². The summed E-state index contributed by atoms with van der Waals surface area (Å²) in [5.74, 6) is 0.00697. The number of carbonyl (C=O) groups excluding carboxylic acids is 2. The zero-order valence-corrected chi connectivity index (χ0v) is 21.4. The number of benzene rings is 3. The molecule has 2 N–H and O–H groups in total. The third-order valence-electron chi connectivity index (χ3n) is 6.67. The van der Waals surface area contributed by atoms with Gasteiger partial charge in [0.2, 0.25) is 5.91 Å². The molecule has 0 atom stereocenters. The topological polar surface area (TPSA) is 106 Å². The lowest BCUT2D eigenvalue weighted by Gasteiger charge is -2.11. The Labute approximate surface area is 226 Å². The number of rotatable bonds is 10. The van der Waals surface area contributed by atoms with Crippen molar-refractivity contribution in [2.24, 2.45) is 0 Å². The molecule has 3 aromatic carbocycles. The molecule has 196 valence electrons. The third kappa shape index (κ3) is 6.57. The summed E-state index contributed by atoms with van der Waals surface area (Å²) in [5, 5.41) is 11.8. The van der Waals surface area contributed by atoms with E-state index in [1.165, 1.54) is 0 Å². The van der Waals surface area contributed by atoms with Crippen LogP contribution in [-0.4, -0.2) is 34.4 Å². The van der Waals surface area contributed by atoms with Gasteiger partial charge in [0.05, 0.1) is 12.3 Å². The summed E-state index contributed by atoms with van der Waals surface area (Å²) in [5.41, 5.74) is 5.94. The van der Waals surface area contributed by atoms with Crippen LogP contribution in [0.3, 0.4) is 0 Å². The summed E-state index contributed by atoms with van der Waals surface area (Å²) in [4.78, 5) is 41.1. The maximum Gasteiger partial charge on any atom is 0.303 e. The Morgan fingerprint density at radius 3 is 2.38 bits per heavy atom. The lowest BCUT2D eigenvalue weighted by atomic mass is 10.0. The van der Waals surface area contributed by atoms with E-state index < -0.39 is 5.97 Å². The van der Waals surface area contributed by atoms with Gasteiger partial charge in [-0.15, -0.1) is 0 Å². The van der Waals surface area contributed by atoms with Crippen molar-refractivity contribution in [3.05, 3.63) is 102 Å². The highest BCUT2D eigenvalue weighted by atomic mass is 16.5. The molecular formula is C32H28N2O5. The number of aromatic nitrogens is 1. The molecule has 0 saturated heterocycles. The van der Waals surface area contributed by atoms with Gasteiger partial charge in [-0.05, 0) is 59.0 Å². The number of aliphatic carboxylic acids is 1. The van der Waals surface area contributed by atoms with Gasteiger partial charge in [-0.2, -0.15) is 0 Å². The molecule has 0 fully saturated rings. The second-order valence-corrected chi connectivity index (χ2v) is 9.48. The molecule has 0 unspecified atom stereocenters. The minimum Gasteiger partial charge on any atom is -0.493 e. The summed E-state index contributed by atoms with van der Waals surface area (Å²) < 4.78 is 5.50. The normalized spacial score (nSPS) is 11.9. The molecule has 4 aromatic rings. The SMILES string of the molecule is O=C(O)CCc1ccc(-c2cc(NC(=O)CCC(=O)c3ccc4c(c3)CCO4)nc(-c3ccccc3)c2)cc1. The number of nitrogens with zero attached hydrogens (tertiary/aromatic N) is 1.